The SMILES string of the molecule is CCC(Nc1cccc(O)c1)c1ccc(Cl)c(Cl)c1. The molecule has 2 nitrogen and oxygen atoms in total. The second-order valence-corrected chi connectivity index (χ2v) is 5.14. The molecule has 0 aliphatic heterocycles. The molecule has 19 heavy (non-hydrogen) atoms. The lowest BCUT2D eigenvalue weighted by Gasteiger charge is -2.19. The van der Waals surface area contributed by atoms with E-state index in [0.29, 0.717) is 10.0 Å². The molecule has 0 spiro atoms. The van der Waals surface area contributed by atoms with Gasteiger partial charge in [-0.15, -0.1) is 0 Å². The number of rotatable bonds is 4. The highest BCUT2D eigenvalue weighted by Crippen LogP contribution is 2.29. The standard InChI is InChI=1S/C15H15Cl2NO/c1-2-15(10-6-7-13(16)14(17)8-10)18-11-4-3-5-12(19)9-11/h3-9,15,18-19H,2H2,1H3. The number of anilines is 1. The summed E-state index contributed by atoms with van der Waals surface area (Å²) in [6.45, 7) is 2.09. The van der Waals surface area contributed by atoms with Gasteiger partial charge in [0.15, 0.2) is 0 Å². The molecular weight excluding hydrogens is 281 g/mol. The number of halogens is 2. The van der Waals surface area contributed by atoms with E-state index in [2.05, 4.69) is 12.2 Å². The van der Waals surface area contributed by atoms with E-state index in [9.17, 15) is 5.11 Å². The van der Waals surface area contributed by atoms with Crippen molar-refractivity contribution in [1.29, 1.82) is 0 Å². The number of benzene rings is 2. The molecule has 100 valence electrons. The van der Waals surface area contributed by atoms with Gasteiger partial charge in [-0.25, -0.2) is 0 Å². The maximum Gasteiger partial charge on any atom is 0.117 e. The Bertz CT molecular complexity index is 572. The number of hydrogen-bond donors (Lipinski definition) is 2. The van der Waals surface area contributed by atoms with E-state index >= 15 is 0 Å². The molecule has 2 aromatic carbocycles. The van der Waals surface area contributed by atoms with Crippen LogP contribution in [0.4, 0.5) is 5.69 Å². The minimum absolute atomic E-state index is 0.122. The number of hydrogen-bond acceptors (Lipinski definition) is 2. The Balaban J connectivity index is 2.22. The fourth-order valence-corrected chi connectivity index (χ4v) is 2.25. The van der Waals surface area contributed by atoms with Crippen LogP contribution in [-0.4, -0.2) is 5.11 Å². The summed E-state index contributed by atoms with van der Waals surface area (Å²) in [6, 6.07) is 12.8. The molecule has 1 unspecified atom stereocenters. The van der Waals surface area contributed by atoms with Gasteiger partial charge in [0.05, 0.1) is 16.1 Å². The number of nitrogens with one attached hydrogen (secondary N) is 1. The van der Waals surface area contributed by atoms with Crippen molar-refractivity contribution in [2.75, 3.05) is 5.32 Å². The third kappa shape index (κ3) is 3.55. The zero-order valence-corrected chi connectivity index (χ0v) is 12.0. The van der Waals surface area contributed by atoms with Gasteiger partial charge in [0, 0.05) is 11.8 Å². The van der Waals surface area contributed by atoms with Crippen LogP contribution in [-0.2, 0) is 0 Å². The van der Waals surface area contributed by atoms with Crippen molar-refractivity contribution in [3.05, 3.63) is 58.1 Å². The molecular formula is C15H15Cl2NO. The Morgan fingerprint density at radius 1 is 1.11 bits per heavy atom. The molecule has 0 fully saturated rings. The van der Waals surface area contributed by atoms with Crippen molar-refractivity contribution in [3.8, 4) is 5.75 Å². The monoisotopic (exact) mass is 295 g/mol. The van der Waals surface area contributed by atoms with Gasteiger partial charge < -0.3 is 10.4 Å². The smallest absolute Gasteiger partial charge is 0.117 e. The van der Waals surface area contributed by atoms with Crippen LogP contribution < -0.4 is 5.32 Å². The molecule has 0 aliphatic carbocycles. The third-order valence-electron chi connectivity index (χ3n) is 2.94. The van der Waals surface area contributed by atoms with Gasteiger partial charge in [0.25, 0.3) is 0 Å². The Morgan fingerprint density at radius 2 is 1.89 bits per heavy atom. The van der Waals surface area contributed by atoms with Crippen molar-refractivity contribution in [2.24, 2.45) is 0 Å². The largest absolute Gasteiger partial charge is 0.508 e. The van der Waals surface area contributed by atoms with Crippen LogP contribution in [0, 0.1) is 0 Å². The summed E-state index contributed by atoms with van der Waals surface area (Å²) in [5.74, 6) is 0.244. The fraction of sp³-hybridized carbons (Fsp3) is 0.200. The van der Waals surface area contributed by atoms with Gasteiger partial charge in [-0.1, -0.05) is 42.3 Å². The van der Waals surface area contributed by atoms with Crippen LogP contribution in [0.15, 0.2) is 42.5 Å². The average molecular weight is 296 g/mol. The van der Waals surface area contributed by atoms with E-state index in [-0.39, 0.29) is 11.8 Å². The molecule has 0 amide bonds. The first-order valence-corrected chi connectivity index (χ1v) is 6.86. The van der Waals surface area contributed by atoms with Crippen molar-refractivity contribution in [1.82, 2.24) is 0 Å². The van der Waals surface area contributed by atoms with Gasteiger partial charge >= 0.3 is 0 Å². The lowest BCUT2D eigenvalue weighted by Crippen LogP contribution is -2.09. The molecule has 0 aliphatic rings. The lowest BCUT2D eigenvalue weighted by molar-refractivity contribution is 0.475. The highest BCUT2D eigenvalue weighted by molar-refractivity contribution is 6.42. The van der Waals surface area contributed by atoms with Crippen molar-refractivity contribution in [2.45, 2.75) is 19.4 Å². The van der Waals surface area contributed by atoms with Crippen LogP contribution in [0.1, 0.15) is 24.9 Å². The van der Waals surface area contributed by atoms with Crippen molar-refractivity contribution < 1.29 is 5.11 Å². The zero-order chi connectivity index (χ0) is 13.8. The first-order valence-electron chi connectivity index (χ1n) is 6.10. The van der Waals surface area contributed by atoms with Crippen molar-refractivity contribution in [3.63, 3.8) is 0 Å². The summed E-state index contributed by atoms with van der Waals surface area (Å²) in [4.78, 5) is 0. The summed E-state index contributed by atoms with van der Waals surface area (Å²) in [7, 11) is 0. The maximum absolute atomic E-state index is 9.47. The summed E-state index contributed by atoms with van der Waals surface area (Å²) >= 11 is 12.0. The fourth-order valence-electron chi connectivity index (χ4n) is 1.95. The summed E-state index contributed by atoms with van der Waals surface area (Å²) < 4.78 is 0. The molecule has 0 radical (unpaired) electrons. The summed E-state index contributed by atoms with van der Waals surface area (Å²) in [5, 5.41) is 13.9. The van der Waals surface area contributed by atoms with Gasteiger partial charge in [-0.05, 0) is 36.2 Å². The predicted molar refractivity (Wildman–Crippen MR) is 81.2 cm³/mol. The topological polar surface area (TPSA) is 32.3 Å². The van der Waals surface area contributed by atoms with E-state index in [0.717, 1.165) is 17.7 Å². The summed E-state index contributed by atoms with van der Waals surface area (Å²) in [6.07, 6.45) is 0.896. The first kappa shape index (κ1) is 14.0. The second-order valence-electron chi connectivity index (χ2n) is 4.33. The van der Waals surface area contributed by atoms with Crippen LogP contribution in [0.2, 0.25) is 10.0 Å². The molecule has 0 heterocycles. The summed E-state index contributed by atoms with van der Waals surface area (Å²) in [5.41, 5.74) is 1.94. The van der Waals surface area contributed by atoms with E-state index in [1.807, 2.05) is 18.2 Å². The Labute approximate surface area is 123 Å². The number of phenols is 1. The van der Waals surface area contributed by atoms with Crippen LogP contribution in [0.3, 0.4) is 0 Å². The average Bonchev–Trinajstić information content (AvgIpc) is 2.39. The van der Waals surface area contributed by atoms with E-state index in [4.69, 9.17) is 23.2 Å². The molecule has 0 saturated carbocycles. The van der Waals surface area contributed by atoms with Gasteiger partial charge in [0.2, 0.25) is 0 Å². The molecule has 2 rings (SSSR count). The zero-order valence-electron chi connectivity index (χ0n) is 10.5. The molecule has 4 heteroatoms. The molecule has 0 bridgehead atoms. The molecule has 0 saturated heterocycles. The predicted octanol–water partition coefficient (Wildman–Crippen LogP) is 5.26. The maximum atomic E-state index is 9.47. The van der Waals surface area contributed by atoms with Gasteiger partial charge in [0.1, 0.15) is 5.75 Å². The highest BCUT2D eigenvalue weighted by atomic mass is 35.5. The lowest BCUT2D eigenvalue weighted by atomic mass is 10.0. The van der Waals surface area contributed by atoms with Gasteiger partial charge in [-0.3, -0.25) is 0 Å². The van der Waals surface area contributed by atoms with Crippen LogP contribution >= 0.6 is 23.2 Å². The normalized spacial score (nSPS) is 12.2. The molecule has 2 N–H and O–H groups in total. The van der Waals surface area contributed by atoms with E-state index in [1.54, 1.807) is 24.3 Å². The quantitative estimate of drug-likeness (QED) is 0.806. The number of phenolic OH excluding ortho intramolecular Hbond substituents is 1. The molecule has 0 aromatic heterocycles. The van der Waals surface area contributed by atoms with E-state index in [1.165, 1.54) is 0 Å². The van der Waals surface area contributed by atoms with Crippen LogP contribution in [0.5, 0.6) is 5.75 Å². The van der Waals surface area contributed by atoms with Gasteiger partial charge in [-0.2, -0.15) is 0 Å². The Hall–Kier alpha value is -1.38. The number of aromatic hydroxyl groups is 1. The van der Waals surface area contributed by atoms with Crippen molar-refractivity contribution >= 4 is 28.9 Å². The molecule has 2 aromatic rings. The highest BCUT2D eigenvalue weighted by Gasteiger charge is 2.11. The Morgan fingerprint density at radius 3 is 2.53 bits per heavy atom. The third-order valence-corrected chi connectivity index (χ3v) is 3.68. The Kier molecular flexibility index (Phi) is 4.56. The van der Waals surface area contributed by atoms with E-state index < -0.39 is 0 Å². The second kappa shape index (κ2) is 6.18. The minimum atomic E-state index is 0.122. The first-order chi connectivity index (χ1) is 9.10. The van der Waals surface area contributed by atoms with Crippen LogP contribution in [0.25, 0.3) is 0 Å². The minimum Gasteiger partial charge on any atom is -0.508 e. The molecule has 1 atom stereocenters.